The van der Waals surface area contributed by atoms with Crippen LogP contribution in [0.2, 0.25) is 0 Å². The molecule has 0 unspecified atom stereocenters. The van der Waals surface area contributed by atoms with Crippen LogP contribution in [0, 0.1) is 0 Å². The van der Waals surface area contributed by atoms with Crippen LogP contribution in [0.5, 0.6) is 5.75 Å². The van der Waals surface area contributed by atoms with E-state index in [1.165, 1.54) is 19.4 Å². The molecule has 105 valence electrons. The first-order valence-corrected chi connectivity index (χ1v) is 6.56. The van der Waals surface area contributed by atoms with Crippen LogP contribution in [0.3, 0.4) is 0 Å². The van der Waals surface area contributed by atoms with Crippen LogP contribution in [-0.4, -0.2) is 17.1 Å². The van der Waals surface area contributed by atoms with Crippen molar-refractivity contribution in [2.75, 3.05) is 7.11 Å². The third kappa shape index (κ3) is 3.51. The Hall–Kier alpha value is -1.54. The number of benzene rings is 1. The van der Waals surface area contributed by atoms with E-state index in [9.17, 15) is 13.2 Å². The lowest BCUT2D eigenvalue weighted by Crippen LogP contribution is -2.04. The summed E-state index contributed by atoms with van der Waals surface area (Å²) in [6.45, 7) is 0. The highest BCUT2D eigenvalue weighted by Crippen LogP contribution is 2.36. The number of methoxy groups -OCH3 is 1. The number of alkyl halides is 3. The SMILES string of the molecule is COc1cnc([S])nc1Sc1cccc(C(F)(F)F)c1. The Kier molecular flexibility index (Phi) is 4.34. The third-order valence-electron chi connectivity index (χ3n) is 2.30. The van der Waals surface area contributed by atoms with Crippen molar-refractivity contribution in [3.05, 3.63) is 36.0 Å². The number of nitrogens with zero attached hydrogens (tertiary/aromatic N) is 2. The summed E-state index contributed by atoms with van der Waals surface area (Å²) in [5, 5.41) is 0.493. The van der Waals surface area contributed by atoms with Gasteiger partial charge in [0.2, 0.25) is 5.16 Å². The molecule has 8 heteroatoms. The van der Waals surface area contributed by atoms with Gasteiger partial charge in [0, 0.05) is 4.90 Å². The predicted octanol–water partition coefficient (Wildman–Crippen LogP) is 4.21. The molecule has 0 aliphatic rings. The number of rotatable bonds is 3. The number of ether oxygens (including phenoxy) is 1. The number of aromatic nitrogens is 2. The highest BCUT2D eigenvalue weighted by atomic mass is 32.2. The molecule has 0 N–H and O–H groups in total. The zero-order chi connectivity index (χ0) is 14.8. The second-order valence-corrected chi connectivity index (χ2v) is 5.08. The van der Waals surface area contributed by atoms with E-state index in [2.05, 4.69) is 9.97 Å². The fourth-order valence-corrected chi connectivity index (χ4v) is 2.53. The quantitative estimate of drug-likeness (QED) is 0.627. The van der Waals surface area contributed by atoms with Gasteiger partial charge in [-0.15, -0.1) is 0 Å². The molecule has 2 rings (SSSR count). The molecule has 0 bridgehead atoms. The van der Waals surface area contributed by atoms with Crippen LogP contribution < -0.4 is 4.74 Å². The molecule has 20 heavy (non-hydrogen) atoms. The summed E-state index contributed by atoms with van der Waals surface area (Å²) in [4.78, 5) is 8.18. The molecule has 0 fully saturated rings. The van der Waals surface area contributed by atoms with Gasteiger partial charge in [-0.25, -0.2) is 9.97 Å². The van der Waals surface area contributed by atoms with Crippen molar-refractivity contribution in [1.82, 2.24) is 9.97 Å². The summed E-state index contributed by atoms with van der Waals surface area (Å²) in [5.74, 6) is 0.362. The minimum atomic E-state index is -4.38. The minimum absolute atomic E-state index is 0.111. The molecule has 1 aromatic carbocycles. The Balaban J connectivity index is 2.33. The predicted molar refractivity (Wildman–Crippen MR) is 70.0 cm³/mol. The molecule has 1 heterocycles. The maximum atomic E-state index is 12.6. The van der Waals surface area contributed by atoms with E-state index >= 15 is 0 Å². The van der Waals surface area contributed by atoms with Crippen LogP contribution in [0.1, 0.15) is 5.56 Å². The molecular weight excluding hydrogens is 309 g/mol. The largest absolute Gasteiger partial charge is 0.492 e. The van der Waals surface area contributed by atoms with Gasteiger partial charge in [0.1, 0.15) is 5.03 Å². The van der Waals surface area contributed by atoms with Gasteiger partial charge in [0.15, 0.2) is 5.75 Å². The molecular formula is C12H8F3N2OS2. The zero-order valence-corrected chi connectivity index (χ0v) is 11.8. The summed E-state index contributed by atoms with van der Waals surface area (Å²) < 4.78 is 43.0. The fourth-order valence-electron chi connectivity index (χ4n) is 1.40. The maximum Gasteiger partial charge on any atom is 0.416 e. The van der Waals surface area contributed by atoms with E-state index in [1.807, 2.05) is 0 Å². The lowest BCUT2D eigenvalue weighted by molar-refractivity contribution is -0.137. The monoisotopic (exact) mass is 317 g/mol. The van der Waals surface area contributed by atoms with Gasteiger partial charge < -0.3 is 4.74 Å². The van der Waals surface area contributed by atoms with E-state index in [0.29, 0.717) is 15.7 Å². The molecule has 0 spiro atoms. The van der Waals surface area contributed by atoms with Gasteiger partial charge in [-0.2, -0.15) is 13.2 Å². The smallest absolute Gasteiger partial charge is 0.416 e. The Bertz CT molecular complexity index is 620. The van der Waals surface area contributed by atoms with Crippen molar-refractivity contribution in [1.29, 1.82) is 0 Å². The first-order valence-electron chi connectivity index (χ1n) is 5.33. The van der Waals surface area contributed by atoms with E-state index in [1.54, 1.807) is 6.07 Å². The summed E-state index contributed by atoms with van der Waals surface area (Å²) in [6.07, 6.45) is -2.99. The molecule has 0 saturated heterocycles. The van der Waals surface area contributed by atoms with Crippen molar-refractivity contribution in [3.63, 3.8) is 0 Å². The van der Waals surface area contributed by atoms with Gasteiger partial charge in [-0.3, -0.25) is 0 Å². The highest BCUT2D eigenvalue weighted by Gasteiger charge is 2.30. The van der Waals surface area contributed by atoms with Gasteiger partial charge in [0.25, 0.3) is 0 Å². The van der Waals surface area contributed by atoms with Crippen LogP contribution >= 0.6 is 24.4 Å². The standard InChI is InChI=1S/C12H8F3N2OS2/c1-18-9-6-16-11(19)17-10(9)20-8-4-2-3-7(5-8)12(13,14)15/h2-6H,1H3. The first kappa shape index (κ1) is 14.9. The second-order valence-electron chi connectivity index (χ2n) is 3.65. The highest BCUT2D eigenvalue weighted by molar-refractivity contribution is 7.99. The van der Waals surface area contributed by atoms with Crippen molar-refractivity contribution in [3.8, 4) is 5.75 Å². The molecule has 1 radical (unpaired) electrons. The molecule has 0 saturated carbocycles. The Labute approximate surface area is 123 Å². The lowest BCUT2D eigenvalue weighted by Gasteiger charge is -2.09. The maximum absolute atomic E-state index is 12.6. The molecule has 0 aliphatic carbocycles. The Morgan fingerprint density at radius 1 is 1.30 bits per heavy atom. The third-order valence-corrected chi connectivity index (χ3v) is 3.47. The number of halogens is 3. The number of hydrogen-bond acceptors (Lipinski definition) is 4. The first-order chi connectivity index (χ1) is 9.40. The summed E-state index contributed by atoms with van der Waals surface area (Å²) in [7, 11) is 1.43. The summed E-state index contributed by atoms with van der Waals surface area (Å²) in [6, 6.07) is 4.97. The lowest BCUT2D eigenvalue weighted by atomic mass is 10.2. The van der Waals surface area contributed by atoms with Gasteiger partial charge >= 0.3 is 6.18 Å². The molecule has 0 aliphatic heterocycles. The second kappa shape index (κ2) is 5.84. The molecule has 1 aromatic heterocycles. The van der Waals surface area contributed by atoms with Crippen LogP contribution in [-0.2, 0) is 6.18 Å². The van der Waals surface area contributed by atoms with Crippen molar-refractivity contribution < 1.29 is 17.9 Å². The summed E-state index contributed by atoms with van der Waals surface area (Å²) in [5.41, 5.74) is -0.714. The normalized spacial score (nSPS) is 11.4. The molecule has 3 nitrogen and oxygen atoms in total. The van der Waals surface area contributed by atoms with Gasteiger partial charge in [0.05, 0.1) is 18.9 Å². The fraction of sp³-hybridized carbons (Fsp3) is 0.167. The van der Waals surface area contributed by atoms with Crippen molar-refractivity contribution in [2.45, 2.75) is 21.3 Å². The van der Waals surface area contributed by atoms with Gasteiger partial charge in [-0.05, 0) is 30.8 Å². The Morgan fingerprint density at radius 3 is 2.70 bits per heavy atom. The Morgan fingerprint density at radius 2 is 2.05 bits per heavy atom. The molecule has 0 atom stereocenters. The van der Waals surface area contributed by atoms with Crippen molar-refractivity contribution in [2.24, 2.45) is 0 Å². The van der Waals surface area contributed by atoms with E-state index in [-0.39, 0.29) is 5.16 Å². The average Bonchev–Trinajstić information content (AvgIpc) is 2.38. The molecule has 2 aromatic rings. The van der Waals surface area contributed by atoms with Crippen molar-refractivity contribution >= 4 is 24.4 Å². The van der Waals surface area contributed by atoms with Crippen LogP contribution in [0.25, 0.3) is 0 Å². The van der Waals surface area contributed by atoms with Gasteiger partial charge in [-0.1, -0.05) is 17.8 Å². The van der Waals surface area contributed by atoms with E-state index < -0.39 is 11.7 Å². The van der Waals surface area contributed by atoms with Crippen LogP contribution in [0.4, 0.5) is 13.2 Å². The average molecular weight is 317 g/mol. The number of hydrogen-bond donors (Lipinski definition) is 0. The van der Waals surface area contributed by atoms with E-state index in [0.717, 1.165) is 23.9 Å². The minimum Gasteiger partial charge on any atom is -0.492 e. The molecule has 0 amide bonds. The zero-order valence-electron chi connectivity index (χ0n) is 10.1. The van der Waals surface area contributed by atoms with E-state index in [4.69, 9.17) is 17.4 Å². The summed E-state index contributed by atoms with van der Waals surface area (Å²) >= 11 is 5.88. The topological polar surface area (TPSA) is 35.0 Å². The van der Waals surface area contributed by atoms with Crippen LogP contribution in [0.15, 0.2) is 45.5 Å².